The van der Waals surface area contributed by atoms with E-state index < -0.39 is 5.82 Å². The Hall–Kier alpha value is -1.38. The fraction of sp³-hybridized carbons (Fsp3) is 0.133. The smallest absolute Gasteiger partial charge is 0.167 e. The van der Waals surface area contributed by atoms with Gasteiger partial charge in [-0.3, -0.25) is 4.79 Å². The molecule has 0 saturated carbocycles. The zero-order valence-electron chi connectivity index (χ0n) is 10.2. The van der Waals surface area contributed by atoms with Crippen LogP contribution in [0.5, 0.6) is 0 Å². The molecule has 4 heteroatoms. The highest BCUT2D eigenvalue weighted by Crippen LogP contribution is 2.20. The molecule has 1 nitrogen and oxygen atoms in total. The summed E-state index contributed by atoms with van der Waals surface area (Å²) in [6, 6.07) is 9.23. The first kappa shape index (κ1) is 14.0. The maximum absolute atomic E-state index is 13.6. The van der Waals surface area contributed by atoms with Crippen LogP contribution in [0, 0.1) is 12.7 Å². The van der Waals surface area contributed by atoms with Crippen LogP contribution >= 0.6 is 23.2 Å². The predicted octanol–water partition coefficient (Wildman–Crippen LogP) is 4.87. The first-order valence-electron chi connectivity index (χ1n) is 5.70. The van der Waals surface area contributed by atoms with Crippen molar-refractivity contribution in [1.29, 1.82) is 0 Å². The van der Waals surface area contributed by atoms with Crippen LogP contribution < -0.4 is 0 Å². The van der Waals surface area contributed by atoms with Crippen molar-refractivity contribution in [2.75, 3.05) is 0 Å². The fourth-order valence-electron chi connectivity index (χ4n) is 1.72. The summed E-state index contributed by atoms with van der Waals surface area (Å²) in [4.78, 5) is 12.1. The SMILES string of the molecule is Cc1ccc(C(=O)Cc2cc(Cl)ccc2F)cc1Cl. The molecule has 0 spiro atoms. The maximum Gasteiger partial charge on any atom is 0.167 e. The van der Waals surface area contributed by atoms with E-state index in [2.05, 4.69) is 0 Å². The minimum absolute atomic E-state index is 0.0359. The summed E-state index contributed by atoms with van der Waals surface area (Å²) in [7, 11) is 0. The highest BCUT2D eigenvalue weighted by molar-refractivity contribution is 6.31. The Morgan fingerprint density at radius 3 is 2.58 bits per heavy atom. The van der Waals surface area contributed by atoms with Crippen molar-refractivity contribution in [3.63, 3.8) is 0 Å². The summed E-state index contributed by atoms with van der Waals surface area (Å²) in [5.41, 5.74) is 1.65. The van der Waals surface area contributed by atoms with Gasteiger partial charge >= 0.3 is 0 Å². The lowest BCUT2D eigenvalue weighted by Gasteiger charge is -2.05. The van der Waals surface area contributed by atoms with Crippen molar-refractivity contribution in [3.05, 3.63) is 69.0 Å². The van der Waals surface area contributed by atoms with Gasteiger partial charge in [-0.2, -0.15) is 0 Å². The Kier molecular flexibility index (Phi) is 4.23. The zero-order chi connectivity index (χ0) is 14.0. The summed E-state index contributed by atoms with van der Waals surface area (Å²) in [6.07, 6.45) is -0.0359. The van der Waals surface area contributed by atoms with Crippen LogP contribution in [0.15, 0.2) is 36.4 Å². The van der Waals surface area contributed by atoms with E-state index in [0.717, 1.165) is 5.56 Å². The van der Waals surface area contributed by atoms with E-state index in [0.29, 0.717) is 15.6 Å². The monoisotopic (exact) mass is 296 g/mol. The van der Waals surface area contributed by atoms with Gasteiger partial charge in [-0.1, -0.05) is 35.3 Å². The topological polar surface area (TPSA) is 17.1 Å². The molecular formula is C15H11Cl2FO. The lowest BCUT2D eigenvalue weighted by atomic mass is 10.0. The average Bonchev–Trinajstić information content (AvgIpc) is 2.37. The summed E-state index contributed by atoms with van der Waals surface area (Å²) < 4.78 is 13.6. The Balaban J connectivity index is 2.25. The van der Waals surface area contributed by atoms with Gasteiger partial charge in [0.2, 0.25) is 0 Å². The van der Waals surface area contributed by atoms with Crippen LogP contribution in [-0.2, 0) is 6.42 Å². The molecule has 0 fully saturated rings. The lowest BCUT2D eigenvalue weighted by molar-refractivity contribution is 0.0992. The van der Waals surface area contributed by atoms with Gasteiger partial charge in [-0.25, -0.2) is 4.39 Å². The van der Waals surface area contributed by atoms with Gasteiger partial charge in [0.1, 0.15) is 5.82 Å². The van der Waals surface area contributed by atoms with Crippen LogP contribution in [0.25, 0.3) is 0 Å². The number of hydrogen-bond acceptors (Lipinski definition) is 1. The van der Waals surface area contributed by atoms with Crippen molar-refractivity contribution in [1.82, 2.24) is 0 Å². The molecule has 19 heavy (non-hydrogen) atoms. The molecule has 0 aromatic heterocycles. The summed E-state index contributed by atoms with van der Waals surface area (Å²) in [6.45, 7) is 1.85. The molecule has 0 aliphatic rings. The van der Waals surface area contributed by atoms with Crippen LogP contribution in [0.3, 0.4) is 0 Å². The molecule has 2 rings (SSSR count). The van der Waals surface area contributed by atoms with E-state index in [-0.39, 0.29) is 17.8 Å². The quantitative estimate of drug-likeness (QED) is 0.739. The number of carbonyl (C=O) groups is 1. The predicted molar refractivity (Wildman–Crippen MR) is 75.6 cm³/mol. The molecule has 0 aliphatic heterocycles. The number of carbonyl (C=O) groups excluding carboxylic acids is 1. The third kappa shape index (κ3) is 3.34. The molecule has 2 aromatic carbocycles. The summed E-state index contributed by atoms with van der Waals surface area (Å²) >= 11 is 11.8. The van der Waals surface area contributed by atoms with E-state index in [1.54, 1.807) is 18.2 Å². The first-order chi connectivity index (χ1) is 8.97. The summed E-state index contributed by atoms with van der Waals surface area (Å²) in [5.74, 6) is -0.626. The van der Waals surface area contributed by atoms with Crippen molar-refractivity contribution in [3.8, 4) is 0 Å². The Labute approximate surface area is 121 Å². The van der Waals surface area contributed by atoms with Crippen LogP contribution in [0.2, 0.25) is 10.0 Å². The molecular weight excluding hydrogens is 286 g/mol. The molecule has 0 aliphatic carbocycles. The van der Waals surface area contributed by atoms with Crippen molar-refractivity contribution in [2.45, 2.75) is 13.3 Å². The number of benzene rings is 2. The van der Waals surface area contributed by atoms with Gasteiger partial charge < -0.3 is 0 Å². The molecule has 0 unspecified atom stereocenters. The van der Waals surface area contributed by atoms with Crippen molar-refractivity contribution >= 4 is 29.0 Å². The third-order valence-corrected chi connectivity index (χ3v) is 3.49. The highest BCUT2D eigenvalue weighted by atomic mass is 35.5. The van der Waals surface area contributed by atoms with Gasteiger partial charge in [0, 0.05) is 22.0 Å². The van der Waals surface area contributed by atoms with Crippen LogP contribution in [0.4, 0.5) is 4.39 Å². The molecule has 98 valence electrons. The number of ketones is 1. The number of aryl methyl sites for hydroxylation is 1. The minimum atomic E-state index is -0.434. The van der Waals surface area contributed by atoms with E-state index in [9.17, 15) is 9.18 Å². The molecule has 0 bridgehead atoms. The molecule has 0 saturated heterocycles. The standard InChI is InChI=1S/C15H11Cl2FO/c1-9-2-3-10(7-13(9)17)15(19)8-11-6-12(16)4-5-14(11)18/h2-7H,8H2,1H3. The number of Topliss-reactive ketones (excluding diaryl/α,β-unsaturated/α-hetero) is 1. The lowest BCUT2D eigenvalue weighted by Crippen LogP contribution is -2.05. The number of halogens is 3. The van der Waals surface area contributed by atoms with Gasteiger partial charge in [0.15, 0.2) is 5.78 Å². The molecule has 2 aromatic rings. The molecule has 0 N–H and O–H groups in total. The Bertz CT molecular complexity index is 638. The summed E-state index contributed by atoms with van der Waals surface area (Å²) in [5, 5.41) is 0.934. The van der Waals surface area contributed by atoms with E-state index in [1.165, 1.54) is 18.2 Å². The average molecular weight is 297 g/mol. The van der Waals surface area contributed by atoms with Crippen molar-refractivity contribution < 1.29 is 9.18 Å². The molecule has 0 atom stereocenters. The second-order valence-corrected chi connectivity index (χ2v) is 5.14. The third-order valence-electron chi connectivity index (χ3n) is 2.85. The van der Waals surface area contributed by atoms with E-state index >= 15 is 0 Å². The molecule has 0 amide bonds. The van der Waals surface area contributed by atoms with E-state index in [4.69, 9.17) is 23.2 Å². The van der Waals surface area contributed by atoms with Gasteiger partial charge in [0.05, 0.1) is 0 Å². The molecule has 0 radical (unpaired) electrons. The van der Waals surface area contributed by atoms with Gasteiger partial charge in [-0.05, 0) is 42.3 Å². The second-order valence-electron chi connectivity index (χ2n) is 4.30. The van der Waals surface area contributed by atoms with Crippen molar-refractivity contribution in [2.24, 2.45) is 0 Å². The van der Waals surface area contributed by atoms with Gasteiger partial charge in [-0.15, -0.1) is 0 Å². The molecule has 0 heterocycles. The van der Waals surface area contributed by atoms with E-state index in [1.807, 2.05) is 6.92 Å². The largest absolute Gasteiger partial charge is 0.294 e. The minimum Gasteiger partial charge on any atom is -0.294 e. The van der Waals surface area contributed by atoms with Crippen LogP contribution in [-0.4, -0.2) is 5.78 Å². The van der Waals surface area contributed by atoms with Crippen LogP contribution in [0.1, 0.15) is 21.5 Å². The number of hydrogen-bond donors (Lipinski definition) is 0. The number of rotatable bonds is 3. The Morgan fingerprint density at radius 2 is 1.89 bits per heavy atom. The first-order valence-corrected chi connectivity index (χ1v) is 6.46. The maximum atomic E-state index is 13.6. The highest BCUT2D eigenvalue weighted by Gasteiger charge is 2.12. The zero-order valence-corrected chi connectivity index (χ0v) is 11.7. The Morgan fingerprint density at radius 1 is 1.16 bits per heavy atom. The van der Waals surface area contributed by atoms with Gasteiger partial charge in [0.25, 0.3) is 0 Å². The normalized spacial score (nSPS) is 10.5. The second kappa shape index (κ2) is 5.72. The fourth-order valence-corrected chi connectivity index (χ4v) is 2.10.